The number of aliphatic carboxylic acids is 4. The number of carboxylic acid groups (broad SMARTS) is 4. The van der Waals surface area contributed by atoms with Gasteiger partial charge in [-0.1, -0.05) is 24.3 Å². The molecule has 27 nitrogen and oxygen atoms in total. The number of nitrogens with two attached hydrogens (primary N) is 2. The normalized spacial score (nSPS) is 15.0. The molecule has 8 atom stereocenters. The summed E-state index contributed by atoms with van der Waals surface area (Å²) < 4.78 is 11.5. The van der Waals surface area contributed by atoms with E-state index in [1.165, 1.54) is 24.3 Å². The molecule has 28 heteroatoms. The van der Waals surface area contributed by atoms with Crippen LogP contribution in [0.5, 0.6) is 0 Å². The Bertz CT molecular complexity index is 1920. The number of aliphatic hydroxyl groups excluding tert-OH is 1. The Morgan fingerprint density at radius 1 is 0.587 bits per heavy atom. The van der Waals surface area contributed by atoms with Crippen LogP contribution in [0, 0.1) is 0 Å². The maximum Gasteiger partial charge on any atom is 0.329 e. The minimum absolute atomic E-state index is 0.167. The van der Waals surface area contributed by atoms with Crippen molar-refractivity contribution in [1.82, 2.24) is 31.9 Å². The van der Waals surface area contributed by atoms with E-state index in [1.807, 2.05) is 10.6 Å². The number of carbonyl (C=O) groups excluding carboxylic acids is 7. The van der Waals surface area contributed by atoms with Crippen molar-refractivity contribution in [2.24, 2.45) is 11.5 Å². The Morgan fingerprint density at radius 2 is 1.03 bits per heavy atom. The molecule has 0 saturated carbocycles. The van der Waals surface area contributed by atoms with Gasteiger partial charge in [0.1, 0.15) is 36.3 Å². The minimum Gasteiger partial charge on any atom is -0.481 e. The van der Waals surface area contributed by atoms with Crippen molar-refractivity contribution in [3.8, 4) is 0 Å². The molecule has 350 valence electrons. The third-order valence-electron chi connectivity index (χ3n) is 8.61. The van der Waals surface area contributed by atoms with Crippen molar-refractivity contribution in [2.45, 2.75) is 113 Å². The van der Waals surface area contributed by atoms with Crippen LogP contribution in [0.3, 0.4) is 0 Å². The van der Waals surface area contributed by atoms with Crippen LogP contribution in [0.1, 0.15) is 63.5 Å². The van der Waals surface area contributed by atoms with Gasteiger partial charge in [-0.3, -0.25) is 57.3 Å². The molecule has 0 spiro atoms. The second-order valence-electron chi connectivity index (χ2n) is 14.1. The predicted octanol–water partition coefficient (Wildman–Crippen LogP) is -5.29. The van der Waals surface area contributed by atoms with Crippen LogP contribution in [0.15, 0.2) is 24.3 Å². The maximum absolute atomic E-state index is 13.8. The number of carboxylic acids is 4. The zero-order valence-corrected chi connectivity index (χ0v) is 34.6. The Balaban J connectivity index is 3.57. The molecule has 7 amide bonds. The van der Waals surface area contributed by atoms with Crippen LogP contribution in [-0.4, -0.2) is 149 Å². The first-order valence-corrected chi connectivity index (χ1v) is 20.4. The summed E-state index contributed by atoms with van der Waals surface area (Å²) in [6, 6.07) is -7.36. The lowest BCUT2D eigenvalue weighted by Gasteiger charge is -2.28. The van der Waals surface area contributed by atoms with Gasteiger partial charge < -0.3 is 78.7 Å². The highest BCUT2D eigenvalue weighted by molar-refractivity contribution is 7.50. The van der Waals surface area contributed by atoms with E-state index in [0.29, 0.717) is 0 Å². The molecule has 0 aliphatic heterocycles. The first-order valence-electron chi connectivity index (χ1n) is 18.6. The van der Waals surface area contributed by atoms with E-state index in [0.717, 1.165) is 13.8 Å². The Hall–Kier alpha value is -6.54. The summed E-state index contributed by atoms with van der Waals surface area (Å²) in [5.41, 5.74) is 11.3. The van der Waals surface area contributed by atoms with Crippen molar-refractivity contribution in [3.63, 3.8) is 0 Å². The van der Waals surface area contributed by atoms with Crippen LogP contribution in [0.2, 0.25) is 0 Å². The second kappa shape index (κ2) is 25.4. The third-order valence-corrected chi connectivity index (χ3v) is 9.39. The SMILES string of the molecule is C[C@H](NC(=O)[C@@H](NC(=O)[C@H](Cc1ccc(CP(=O)(O)O)cc1)NC(=O)[C@H](CCC(=O)O)NC(=O)[C@H](CC(N)=O)NC(=O)[C@H](CC(=O)O)NC(=O)[C@@H](N)CCC(=O)O)[C@@H](C)O)C(=O)O. The van der Waals surface area contributed by atoms with Crippen LogP contribution in [0.4, 0.5) is 0 Å². The number of rotatable bonds is 28. The maximum atomic E-state index is 13.8. The number of nitrogens with one attached hydrogen (secondary N) is 6. The third kappa shape index (κ3) is 21.2. The van der Waals surface area contributed by atoms with Gasteiger partial charge >= 0.3 is 31.5 Å². The van der Waals surface area contributed by atoms with Crippen molar-refractivity contribution in [1.29, 1.82) is 0 Å². The van der Waals surface area contributed by atoms with Gasteiger partial charge in [-0.25, -0.2) is 0 Å². The first kappa shape index (κ1) is 54.5. The zero-order chi connectivity index (χ0) is 48.4. The molecule has 1 aromatic carbocycles. The fraction of sp³-hybridized carbons (Fsp3) is 0.514. The molecule has 0 unspecified atom stereocenters. The van der Waals surface area contributed by atoms with Gasteiger partial charge in [0.25, 0.3) is 0 Å². The van der Waals surface area contributed by atoms with E-state index in [9.17, 15) is 87.5 Å². The molecule has 63 heavy (non-hydrogen) atoms. The van der Waals surface area contributed by atoms with E-state index in [-0.39, 0.29) is 11.1 Å². The van der Waals surface area contributed by atoms with E-state index < -0.39 is 172 Å². The molecular weight excluding hydrogens is 867 g/mol. The second-order valence-corrected chi connectivity index (χ2v) is 15.8. The fourth-order valence-electron chi connectivity index (χ4n) is 5.32. The van der Waals surface area contributed by atoms with Crippen molar-refractivity contribution >= 4 is 72.8 Å². The molecular formula is C35H51N8O19P. The summed E-state index contributed by atoms with van der Waals surface area (Å²) in [7, 11) is -4.51. The highest BCUT2D eigenvalue weighted by Gasteiger charge is 2.35. The topological polar surface area (TPSA) is 471 Å². The molecule has 0 aromatic heterocycles. The van der Waals surface area contributed by atoms with Crippen molar-refractivity contribution < 1.29 is 92.6 Å². The quantitative estimate of drug-likeness (QED) is 0.0349. The molecule has 0 bridgehead atoms. The van der Waals surface area contributed by atoms with Gasteiger partial charge in [0.2, 0.25) is 41.4 Å². The van der Waals surface area contributed by atoms with Gasteiger partial charge in [0, 0.05) is 19.3 Å². The molecule has 0 heterocycles. The Morgan fingerprint density at radius 3 is 1.51 bits per heavy atom. The summed E-state index contributed by atoms with van der Waals surface area (Å²) in [6.07, 6.45) is -7.51. The van der Waals surface area contributed by atoms with Crippen LogP contribution >= 0.6 is 7.60 Å². The van der Waals surface area contributed by atoms with Gasteiger partial charge in [0.05, 0.1) is 31.1 Å². The summed E-state index contributed by atoms with van der Waals surface area (Å²) >= 11 is 0. The van der Waals surface area contributed by atoms with Gasteiger partial charge in [-0.15, -0.1) is 0 Å². The van der Waals surface area contributed by atoms with E-state index in [2.05, 4.69) is 21.3 Å². The van der Waals surface area contributed by atoms with E-state index in [1.54, 1.807) is 0 Å². The van der Waals surface area contributed by atoms with Crippen LogP contribution < -0.4 is 43.4 Å². The molecule has 1 rings (SSSR count). The number of amides is 7. The molecule has 0 radical (unpaired) electrons. The standard InChI is InChI=1S/C35H51N8O19P/c1-15(35(58)59)38-34(57)28(16(2)44)43-33(56)21(11-17-3-5-18(6-4-17)14-63(60,61)62)41-30(53)20(8-10-26(48)49)39-31(54)22(12-24(37)45)42-32(55)23(13-27(50)51)40-29(52)19(36)7-9-25(46)47/h3-6,15-16,19-23,28,44H,7-14,36H2,1-2H3,(H2,37,45)(H,38,57)(H,39,54)(H,40,52)(H,41,53)(H,42,55)(H,43,56)(H,46,47)(H,48,49)(H,50,51)(H,58,59)(H2,60,61,62)/t15-,16+,19-,20-,21-,22-,23-,28-/m0/s1. The molecule has 0 aliphatic rings. The Kier molecular flexibility index (Phi) is 22.0. The molecule has 1 aromatic rings. The summed E-state index contributed by atoms with van der Waals surface area (Å²) in [4.78, 5) is 156. The number of carbonyl (C=O) groups is 11. The summed E-state index contributed by atoms with van der Waals surface area (Å²) in [5, 5.41) is 59.7. The zero-order valence-electron chi connectivity index (χ0n) is 33.7. The number of hydrogen-bond acceptors (Lipinski definition) is 14. The van der Waals surface area contributed by atoms with Crippen LogP contribution in [-0.2, 0) is 69.9 Å². The highest BCUT2D eigenvalue weighted by Crippen LogP contribution is 2.39. The number of primary amides is 1. The highest BCUT2D eigenvalue weighted by atomic mass is 31.2. The smallest absolute Gasteiger partial charge is 0.329 e. The molecule has 0 saturated heterocycles. The van der Waals surface area contributed by atoms with Crippen molar-refractivity contribution in [2.75, 3.05) is 0 Å². The molecule has 17 N–H and O–H groups in total. The van der Waals surface area contributed by atoms with Gasteiger partial charge in [-0.2, -0.15) is 0 Å². The predicted molar refractivity (Wildman–Crippen MR) is 210 cm³/mol. The van der Waals surface area contributed by atoms with Crippen molar-refractivity contribution in [3.05, 3.63) is 35.4 Å². The number of aliphatic hydroxyl groups is 1. The lowest BCUT2D eigenvalue weighted by Crippen LogP contribution is -2.61. The minimum atomic E-state index is -4.51. The summed E-state index contributed by atoms with van der Waals surface area (Å²) in [5.74, 6) is -14.8. The molecule has 0 aliphatic carbocycles. The lowest BCUT2D eigenvalue weighted by molar-refractivity contribution is -0.142. The molecule has 0 fully saturated rings. The summed E-state index contributed by atoms with van der Waals surface area (Å²) in [6.45, 7) is 2.15. The van der Waals surface area contributed by atoms with Crippen LogP contribution in [0.25, 0.3) is 0 Å². The average Bonchev–Trinajstić information content (AvgIpc) is 3.15. The van der Waals surface area contributed by atoms with Gasteiger partial charge in [-0.05, 0) is 37.8 Å². The monoisotopic (exact) mass is 918 g/mol. The fourth-order valence-corrected chi connectivity index (χ4v) is 6.01. The largest absolute Gasteiger partial charge is 0.481 e. The average molecular weight is 919 g/mol. The van der Waals surface area contributed by atoms with E-state index in [4.69, 9.17) is 16.6 Å². The first-order chi connectivity index (χ1) is 29.1. The lowest BCUT2D eigenvalue weighted by atomic mass is 10.0. The number of benzene rings is 1. The van der Waals surface area contributed by atoms with Gasteiger partial charge in [0.15, 0.2) is 0 Å². The number of hydrogen-bond donors (Lipinski definition) is 15. The Labute approximate surface area is 357 Å². The van der Waals surface area contributed by atoms with E-state index >= 15 is 0 Å².